The van der Waals surface area contributed by atoms with Crippen LogP contribution >= 0.6 is 0 Å². The van der Waals surface area contributed by atoms with E-state index in [0.717, 1.165) is 31.4 Å². The van der Waals surface area contributed by atoms with Gasteiger partial charge in [0.15, 0.2) is 0 Å². The molecule has 0 aliphatic carbocycles. The van der Waals surface area contributed by atoms with E-state index in [1.165, 1.54) is 36.0 Å². The molecule has 1 aromatic heterocycles. The summed E-state index contributed by atoms with van der Waals surface area (Å²) in [6, 6.07) is 21.3. The molecule has 0 spiro atoms. The molecule has 4 heteroatoms. The van der Waals surface area contributed by atoms with Crippen LogP contribution in [0.3, 0.4) is 0 Å². The van der Waals surface area contributed by atoms with Gasteiger partial charge in [-0.2, -0.15) is 4.98 Å². The van der Waals surface area contributed by atoms with E-state index in [9.17, 15) is 0 Å². The topological polar surface area (TPSA) is 41.1 Å². The predicted octanol–water partition coefficient (Wildman–Crippen LogP) is 4.86. The minimum atomic E-state index is 0.701. The van der Waals surface area contributed by atoms with Crippen LogP contribution in [0.15, 0.2) is 66.9 Å². The van der Waals surface area contributed by atoms with Crippen molar-refractivity contribution in [2.45, 2.75) is 32.7 Å². The van der Waals surface area contributed by atoms with E-state index in [4.69, 9.17) is 4.98 Å². The van der Waals surface area contributed by atoms with Crippen LogP contribution in [0.5, 0.6) is 0 Å². The Bertz CT molecular complexity index is 886. The van der Waals surface area contributed by atoms with E-state index in [1.54, 1.807) is 0 Å². The van der Waals surface area contributed by atoms with Crippen molar-refractivity contribution in [2.75, 3.05) is 23.3 Å². The van der Waals surface area contributed by atoms with Gasteiger partial charge in [0.1, 0.15) is 5.82 Å². The average molecular weight is 373 g/mol. The van der Waals surface area contributed by atoms with Crippen LogP contribution in [0, 0.1) is 12.8 Å². The molecule has 4 nitrogen and oxygen atoms in total. The molecule has 0 bridgehead atoms. The summed E-state index contributed by atoms with van der Waals surface area (Å²) in [6.45, 7) is 5.00. The second kappa shape index (κ2) is 8.87. The summed E-state index contributed by atoms with van der Waals surface area (Å²) in [4.78, 5) is 11.5. The Morgan fingerprint density at radius 1 is 0.964 bits per heavy atom. The summed E-state index contributed by atoms with van der Waals surface area (Å²) >= 11 is 0. The van der Waals surface area contributed by atoms with Gasteiger partial charge in [-0.1, -0.05) is 54.6 Å². The Labute approximate surface area is 167 Å². The maximum Gasteiger partial charge on any atom is 0.224 e. The van der Waals surface area contributed by atoms with E-state index >= 15 is 0 Å². The Hall–Kier alpha value is -2.88. The third kappa shape index (κ3) is 4.69. The number of aromatic nitrogens is 2. The Balaban J connectivity index is 1.33. The van der Waals surface area contributed by atoms with E-state index in [1.807, 2.05) is 12.3 Å². The van der Waals surface area contributed by atoms with Crippen LogP contribution in [-0.4, -0.2) is 23.1 Å². The van der Waals surface area contributed by atoms with E-state index in [-0.39, 0.29) is 0 Å². The molecule has 0 saturated carbocycles. The Kier molecular flexibility index (Phi) is 5.86. The molecule has 2 aromatic carbocycles. The Morgan fingerprint density at radius 2 is 1.71 bits per heavy atom. The summed E-state index contributed by atoms with van der Waals surface area (Å²) in [7, 11) is 0. The molecule has 1 aliphatic heterocycles. The van der Waals surface area contributed by atoms with Gasteiger partial charge in [-0.15, -0.1) is 0 Å². The molecule has 0 unspecified atom stereocenters. The van der Waals surface area contributed by atoms with Crippen molar-refractivity contribution in [3.8, 4) is 0 Å². The molecule has 1 aliphatic rings. The molecule has 2 heterocycles. The lowest BCUT2D eigenvalue weighted by Crippen LogP contribution is -2.35. The minimum absolute atomic E-state index is 0.701. The molecule has 0 radical (unpaired) electrons. The lowest BCUT2D eigenvalue weighted by Gasteiger charge is -2.33. The third-order valence-corrected chi connectivity index (χ3v) is 5.64. The fourth-order valence-electron chi connectivity index (χ4n) is 3.91. The largest absolute Gasteiger partial charge is 0.356 e. The van der Waals surface area contributed by atoms with E-state index in [2.05, 4.69) is 76.7 Å². The normalized spacial score (nSPS) is 14.8. The van der Waals surface area contributed by atoms with Crippen molar-refractivity contribution in [1.29, 1.82) is 0 Å². The van der Waals surface area contributed by atoms with Crippen molar-refractivity contribution in [1.82, 2.24) is 9.97 Å². The van der Waals surface area contributed by atoms with Crippen molar-refractivity contribution in [3.63, 3.8) is 0 Å². The molecule has 3 aromatic rings. The van der Waals surface area contributed by atoms with Gasteiger partial charge >= 0.3 is 0 Å². The van der Waals surface area contributed by atoms with Crippen molar-refractivity contribution >= 4 is 11.8 Å². The van der Waals surface area contributed by atoms with Gasteiger partial charge in [-0.05, 0) is 54.9 Å². The zero-order valence-corrected chi connectivity index (χ0v) is 16.5. The quantitative estimate of drug-likeness (QED) is 0.671. The molecule has 0 atom stereocenters. The number of benzene rings is 2. The fraction of sp³-hybridized carbons (Fsp3) is 0.333. The minimum Gasteiger partial charge on any atom is -0.356 e. The van der Waals surface area contributed by atoms with Crippen LogP contribution in [0.4, 0.5) is 11.8 Å². The molecule has 144 valence electrons. The predicted molar refractivity (Wildman–Crippen MR) is 116 cm³/mol. The summed E-state index contributed by atoms with van der Waals surface area (Å²) in [5.41, 5.74) is 4.01. The first-order chi connectivity index (χ1) is 13.8. The lowest BCUT2D eigenvalue weighted by atomic mass is 9.90. The van der Waals surface area contributed by atoms with E-state index in [0.29, 0.717) is 5.95 Å². The number of aryl methyl sites for hydroxylation is 1. The second-order valence-corrected chi connectivity index (χ2v) is 7.64. The SMILES string of the molecule is Cc1ccccc1CNc1nccc(N2CCC(Cc3ccccc3)CC2)n1. The number of hydrogen-bond donors (Lipinski definition) is 1. The van der Waals surface area contributed by atoms with Crippen molar-refractivity contribution < 1.29 is 0 Å². The van der Waals surface area contributed by atoms with Gasteiger partial charge < -0.3 is 10.2 Å². The van der Waals surface area contributed by atoms with Gasteiger partial charge in [0.2, 0.25) is 5.95 Å². The molecule has 1 N–H and O–H groups in total. The van der Waals surface area contributed by atoms with Crippen molar-refractivity contribution in [3.05, 3.63) is 83.6 Å². The number of nitrogens with one attached hydrogen (secondary N) is 1. The first-order valence-electron chi connectivity index (χ1n) is 10.2. The van der Waals surface area contributed by atoms with Gasteiger partial charge in [-0.25, -0.2) is 4.98 Å². The van der Waals surface area contributed by atoms with Crippen LogP contribution in [0.25, 0.3) is 0 Å². The zero-order valence-electron chi connectivity index (χ0n) is 16.5. The van der Waals surface area contributed by atoms with Crippen LogP contribution < -0.4 is 10.2 Å². The summed E-state index contributed by atoms with van der Waals surface area (Å²) in [5, 5.41) is 3.37. The fourth-order valence-corrected chi connectivity index (χ4v) is 3.91. The number of hydrogen-bond acceptors (Lipinski definition) is 4. The molecule has 1 saturated heterocycles. The van der Waals surface area contributed by atoms with Gasteiger partial charge in [0.05, 0.1) is 0 Å². The van der Waals surface area contributed by atoms with Crippen LogP contribution in [-0.2, 0) is 13.0 Å². The van der Waals surface area contributed by atoms with Crippen LogP contribution in [0.1, 0.15) is 29.5 Å². The summed E-state index contributed by atoms with van der Waals surface area (Å²) in [6.07, 6.45) is 5.47. The lowest BCUT2D eigenvalue weighted by molar-refractivity contribution is 0.402. The first-order valence-corrected chi connectivity index (χ1v) is 10.2. The number of rotatable bonds is 6. The molecular formula is C24H28N4. The highest BCUT2D eigenvalue weighted by Gasteiger charge is 2.20. The maximum absolute atomic E-state index is 4.75. The zero-order chi connectivity index (χ0) is 19.2. The third-order valence-electron chi connectivity index (χ3n) is 5.64. The Morgan fingerprint density at radius 3 is 2.50 bits per heavy atom. The maximum atomic E-state index is 4.75. The summed E-state index contributed by atoms with van der Waals surface area (Å²) < 4.78 is 0. The number of anilines is 2. The van der Waals surface area contributed by atoms with Gasteiger partial charge in [-0.3, -0.25) is 0 Å². The van der Waals surface area contributed by atoms with Gasteiger partial charge in [0, 0.05) is 25.8 Å². The smallest absolute Gasteiger partial charge is 0.224 e. The molecule has 0 amide bonds. The monoisotopic (exact) mass is 372 g/mol. The number of piperidine rings is 1. The molecule has 1 fully saturated rings. The highest BCUT2D eigenvalue weighted by Crippen LogP contribution is 2.25. The van der Waals surface area contributed by atoms with Gasteiger partial charge in [0.25, 0.3) is 0 Å². The van der Waals surface area contributed by atoms with Crippen LogP contribution in [0.2, 0.25) is 0 Å². The standard InChI is InChI=1S/C24H28N4/c1-19-7-5-6-10-22(19)18-26-24-25-14-11-23(27-24)28-15-12-21(13-16-28)17-20-8-3-2-4-9-20/h2-11,14,21H,12-13,15-18H2,1H3,(H,25,26,27). The average Bonchev–Trinajstić information content (AvgIpc) is 2.75. The summed E-state index contributed by atoms with van der Waals surface area (Å²) in [5.74, 6) is 2.49. The second-order valence-electron chi connectivity index (χ2n) is 7.64. The van der Waals surface area contributed by atoms with E-state index < -0.39 is 0 Å². The van der Waals surface area contributed by atoms with Crippen molar-refractivity contribution in [2.24, 2.45) is 5.92 Å². The first kappa shape index (κ1) is 18.5. The molecule has 4 rings (SSSR count). The highest BCUT2D eigenvalue weighted by atomic mass is 15.2. The number of nitrogens with zero attached hydrogens (tertiary/aromatic N) is 3. The molecular weight excluding hydrogens is 344 g/mol. The molecule has 28 heavy (non-hydrogen) atoms. The highest BCUT2D eigenvalue weighted by molar-refractivity contribution is 5.43.